The molecule has 0 aromatic heterocycles. The Hall–Kier alpha value is -1.00. The van der Waals surface area contributed by atoms with Crippen LogP contribution in [0, 0.1) is 11.8 Å². The molecule has 1 fully saturated rings. The van der Waals surface area contributed by atoms with Gasteiger partial charge in [-0.2, -0.15) is 11.8 Å². The van der Waals surface area contributed by atoms with E-state index in [1.807, 2.05) is 11.8 Å². The fraction of sp³-hybridized carbons (Fsp3) is 0.467. The molecule has 3 N–H and O–H groups in total. The third-order valence-electron chi connectivity index (χ3n) is 3.54. The van der Waals surface area contributed by atoms with Crippen molar-refractivity contribution in [3.63, 3.8) is 0 Å². The lowest BCUT2D eigenvalue weighted by molar-refractivity contribution is 0.552. The Bertz CT molecular complexity index is 630. The second kappa shape index (κ2) is 7.32. The summed E-state index contributed by atoms with van der Waals surface area (Å²) in [6, 6.07) is 6.63. The van der Waals surface area contributed by atoms with Crippen molar-refractivity contribution >= 4 is 21.8 Å². The zero-order valence-corrected chi connectivity index (χ0v) is 13.6. The predicted molar refractivity (Wildman–Crippen MR) is 87.6 cm³/mol. The molecule has 0 aliphatic heterocycles. The standard InChI is InChI=1S/C15H20N2O2S2/c1-20-14-7-6-13(11-14)17-21(18,19)15-8-4-12(5-9-15)3-2-10-16/h4-5,8-9,13-14,17H,6-7,10-11,16H2,1H3. The molecule has 1 aromatic rings. The first-order chi connectivity index (χ1) is 10.0. The van der Waals surface area contributed by atoms with Crippen molar-refractivity contribution in [3.05, 3.63) is 29.8 Å². The molecule has 0 spiro atoms. The monoisotopic (exact) mass is 324 g/mol. The topological polar surface area (TPSA) is 72.2 Å². The molecule has 1 aliphatic carbocycles. The maximum absolute atomic E-state index is 12.3. The first-order valence-electron chi connectivity index (χ1n) is 6.89. The van der Waals surface area contributed by atoms with Crippen LogP contribution in [0.4, 0.5) is 0 Å². The smallest absolute Gasteiger partial charge is 0.240 e. The van der Waals surface area contributed by atoms with Gasteiger partial charge in [0.25, 0.3) is 0 Å². The molecule has 2 rings (SSSR count). The third-order valence-corrected chi connectivity index (χ3v) is 6.17. The van der Waals surface area contributed by atoms with Crippen LogP contribution in [0.5, 0.6) is 0 Å². The summed E-state index contributed by atoms with van der Waals surface area (Å²) in [5, 5.41) is 0.562. The van der Waals surface area contributed by atoms with E-state index in [1.165, 1.54) is 0 Å². The van der Waals surface area contributed by atoms with Crippen molar-refractivity contribution in [2.24, 2.45) is 5.73 Å². The number of benzene rings is 1. The lowest BCUT2D eigenvalue weighted by Crippen LogP contribution is -2.33. The summed E-state index contributed by atoms with van der Waals surface area (Å²) in [7, 11) is -3.44. The van der Waals surface area contributed by atoms with Gasteiger partial charge in [0.2, 0.25) is 10.0 Å². The van der Waals surface area contributed by atoms with Gasteiger partial charge in [-0.05, 0) is 49.8 Å². The second-order valence-corrected chi connectivity index (χ2v) is 7.87. The molecule has 0 amide bonds. The Morgan fingerprint density at radius 2 is 2.05 bits per heavy atom. The Morgan fingerprint density at radius 3 is 2.62 bits per heavy atom. The number of hydrogen-bond acceptors (Lipinski definition) is 4. The van der Waals surface area contributed by atoms with Crippen LogP contribution >= 0.6 is 11.8 Å². The molecule has 0 bridgehead atoms. The summed E-state index contributed by atoms with van der Waals surface area (Å²) in [5.74, 6) is 5.62. The van der Waals surface area contributed by atoms with E-state index in [4.69, 9.17) is 5.73 Å². The fourth-order valence-corrected chi connectivity index (χ4v) is 4.50. The maximum Gasteiger partial charge on any atom is 0.240 e. The molecular formula is C15H20N2O2S2. The molecule has 2 atom stereocenters. The minimum Gasteiger partial charge on any atom is -0.320 e. The van der Waals surface area contributed by atoms with Gasteiger partial charge >= 0.3 is 0 Å². The van der Waals surface area contributed by atoms with Crippen LogP contribution in [0.15, 0.2) is 29.2 Å². The molecule has 114 valence electrons. The van der Waals surface area contributed by atoms with Crippen LogP contribution in [0.3, 0.4) is 0 Å². The van der Waals surface area contributed by atoms with Crippen molar-refractivity contribution in [1.29, 1.82) is 0 Å². The van der Waals surface area contributed by atoms with Gasteiger partial charge in [0, 0.05) is 16.9 Å². The summed E-state index contributed by atoms with van der Waals surface area (Å²) in [6.07, 6.45) is 4.95. The van der Waals surface area contributed by atoms with Gasteiger partial charge in [-0.15, -0.1) is 0 Å². The Labute approximate surface area is 130 Å². The van der Waals surface area contributed by atoms with Crippen molar-refractivity contribution in [1.82, 2.24) is 4.72 Å². The van der Waals surface area contributed by atoms with Crippen molar-refractivity contribution in [2.75, 3.05) is 12.8 Å². The molecule has 2 unspecified atom stereocenters. The first-order valence-corrected chi connectivity index (χ1v) is 9.66. The number of nitrogens with two attached hydrogens (primary N) is 1. The highest BCUT2D eigenvalue weighted by Crippen LogP contribution is 2.29. The van der Waals surface area contributed by atoms with Gasteiger partial charge in [-0.1, -0.05) is 11.8 Å². The van der Waals surface area contributed by atoms with Crippen LogP contribution in [0.25, 0.3) is 0 Å². The lowest BCUT2D eigenvalue weighted by atomic mass is 10.2. The molecule has 21 heavy (non-hydrogen) atoms. The highest BCUT2D eigenvalue weighted by atomic mass is 32.2. The largest absolute Gasteiger partial charge is 0.320 e. The SMILES string of the molecule is CSC1CCC(NS(=O)(=O)c2ccc(C#CCN)cc2)C1. The molecule has 0 saturated heterocycles. The average Bonchev–Trinajstić information content (AvgIpc) is 2.92. The van der Waals surface area contributed by atoms with E-state index < -0.39 is 10.0 Å². The van der Waals surface area contributed by atoms with Crippen LogP contribution < -0.4 is 10.5 Å². The molecule has 6 heteroatoms. The van der Waals surface area contributed by atoms with E-state index >= 15 is 0 Å². The summed E-state index contributed by atoms with van der Waals surface area (Å²) in [4.78, 5) is 0.286. The van der Waals surface area contributed by atoms with Crippen LogP contribution in [0.1, 0.15) is 24.8 Å². The van der Waals surface area contributed by atoms with Crippen molar-refractivity contribution in [2.45, 2.75) is 35.4 Å². The number of hydrogen-bond donors (Lipinski definition) is 2. The predicted octanol–water partition coefficient (Wildman–Crippen LogP) is 1.56. The van der Waals surface area contributed by atoms with Crippen molar-refractivity contribution < 1.29 is 8.42 Å². The van der Waals surface area contributed by atoms with Crippen LogP contribution in [-0.4, -0.2) is 32.5 Å². The molecule has 0 radical (unpaired) electrons. The third kappa shape index (κ3) is 4.48. The molecule has 1 saturated carbocycles. The van der Waals surface area contributed by atoms with Gasteiger partial charge in [-0.3, -0.25) is 0 Å². The molecular weight excluding hydrogens is 304 g/mol. The van der Waals surface area contributed by atoms with E-state index in [0.717, 1.165) is 24.8 Å². The van der Waals surface area contributed by atoms with E-state index in [-0.39, 0.29) is 10.9 Å². The van der Waals surface area contributed by atoms with Gasteiger partial charge in [0.1, 0.15) is 0 Å². The quantitative estimate of drug-likeness (QED) is 0.825. The van der Waals surface area contributed by atoms with E-state index in [2.05, 4.69) is 22.8 Å². The van der Waals surface area contributed by atoms with E-state index in [0.29, 0.717) is 11.8 Å². The van der Waals surface area contributed by atoms with E-state index in [1.54, 1.807) is 24.3 Å². The Balaban J connectivity index is 2.06. The maximum atomic E-state index is 12.3. The summed E-state index contributed by atoms with van der Waals surface area (Å²) < 4.78 is 27.5. The number of rotatable bonds is 4. The van der Waals surface area contributed by atoms with Gasteiger partial charge in [0.15, 0.2) is 0 Å². The number of sulfonamides is 1. The molecule has 1 aromatic carbocycles. The highest BCUT2D eigenvalue weighted by molar-refractivity contribution is 7.99. The second-order valence-electron chi connectivity index (χ2n) is 5.02. The van der Waals surface area contributed by atoms with Gasteiger partial charge in [-0.25, -0.2) is 13.1 Å². The van der Waals surface area contributed by atoms with Crippen LogP contribution in [-0.2, 0) is 10.0 Å². The highest BCUT2D eigenvalue weighted by Gasteiger charge is 2.28. The number of nitrogens with one attached hydrogen (secondary N) is 1. The summed E-state index contributed by atoms with van der Waals surface area (Å²) in [6.45, 7) is 0.292. The molecule has 4 nitrogen and oxygen atoms in total. The van der Waals surface area contributed by atoms with Gasteiger partial charge < -0.3 is 5.73 Å². The number of thioether (sulfide) groups is 1. The minimum absolute atomic E-state index is 0.0455. The fourth-order valence-electron chi connectivity index (χ4n) is 2.42. The van der Waals surface area contributed by atoms with E-state index in [9.17, 15) is 8.42 Å². The Morgan fingerprint density at radius 1 is 1.33 bits per heavy atom. The van der Waals surface area contributed by atoms with Gasteiger partial charge in [0.05, 0.1) is 11.4 Å². The zero-order chi connectivity index (χ0) is 15.3. The minimum atomic E-state index is -3.44. The first kappa shape index (κ1) is 16.4. The summed E-state index contributed by atoms with van der Waals surface area (Å²) in [5.41, 5.74) is 6.07. The van der Waals surface area contributed by atoms with Crippen molar-refractivity contribution in [3.8, 4) is 11.8 Å². The average molecular weight is 324 g/mol. The lowest BCUT2D eigenvalue weighted by Gasteiger charge is -2.13. The normalized spacial score (nSPS) is 21.8. The zero-order valence-electron chi connectivity index (χ0n) is 12.0. The molecule has 1 aliphatic rings. The molecule has 0 heterocycles. The summed E-state index contributed by atoms with van der Waals surface area (Å²) >= 11 is 1.81. The van der Waals surface area contributed by atoms with Crippen LogP contribution in [0.2, 0.25) is 0 Å². The Kier molecular flexibility index (Phi) is 5.71.